The molecular weight excluding hydrogens is 356 g/mol. The number of amides is 2. The smallest absolute Gasteiger partial charge is 0.319 e. The van der Waals surface area contributed by atoms with Crippen LogP contribution < -0.4 is 15.4 Å². The molecule has 2 heterocycles. The van der Waals surface area contributed by atoms with Gasteiger partial charge in [0.2, 0.25) is 0 Å². The minimum Gasteiger partial charge on any atom is -0.496 e. The lowest BCUT2D eigenvalue weighted by Crippen LogP contribution is -2.44. The Morgan fingerprint density at radius 1 is 1.21 bits per heavy atom. The number of anilines is 1. The SMILES string of the molecule is COc1c(C)cc(NC(=O)NC[C@@H](c2ccncc2)N2CCOCC2)cc1C. The maximum atomic E-state index is 12.5. The lowest BCUT2D eigenvalue weighted by molar-refractivity contribution is 0.0167. The molecule has 7 nitrogen and oxygen atoms in total. The number of urea groups is 1. The number of carbonyl (C=O) groups excluding carboxylic acids is 1. The molecule has 7 heteroatoms. The van der Waals surface area contributed by atoms with Crippen LogP contribution in [0, 0.1) is 13.8 Å². The number of pyridine rings is 1. The molecule has 0 unspecified atom stereocenters. The van der Waals surface area contributed by atoms with Gasteiger partial charge in [0, 0.05) is 37.7 Å². The van der Waals surface area contributed by atoms with E-state index in [1.165, 1.54) is 0 Å². The molecule has 0 saturated carbocycles. The van der Waals surface area contributed by atoms with Gasteiger partial charge in [0.15, 0.2) is 0 Å². The van der Waals surface area contributed by atoms with Crippen LogP contribution in [-0.2, 0) is 4.74 Å². The summed E-state index contributed by atoms with van der Waals surface area (Å²) in [6, 6.07) is 7.67. The van der Waals surface area contributed by atoms with E-state index in [1.807, 2.05) is 38.1 Å². The number of ether oxygens (including phenoxy) is 2. The van der Waals surface area contributed by atoms with E-state index in [4.69, 9.17) is 9.47 Å². The molecule has 0 radical (unpaired) electrons. The molecule has 1 aromatic heterocycles. The molecule has 1 aliphatic rings. The second-order valence-corrected chi connectivity index (χ2v) is 6.92. The molecule has 1 fully saturated rings. The van der Waals surface area contributed by atoms with Crippen LogP contribution in [0.2, 0.25) is 0 Å². The minimum absolute atomic E-state index is 0.0805. The van der Waals surface area contributed by atoms with Gasteiger partial charge in [-0.2, -0.15) is 0 Å². The van der Waals surface area contributed by atoms with Crippen LogP contribution in [0.15, 0.2) is 36.7 Å². The van der Waals surface area contributed by atoms with Gasteiger partial charge < -0.3 is 20.1 Å². The number of morpholine rings is 1. The maximum absolute atomic E-state index is 12.5. The van der Waals surface area contributed by atoms with E-state index in [1.54, 1.807) is 19.5 Å². The van der Waals surface area contributed by atoms with Gasteiger partial charge >= 0.3 is 6.03 Å². The summed E-state index contributed by atoms with van der Waals surface area (Å²) in [5, 5.41) is 5.93. The molecule has 2 aromatic rings. The Kier molecular flexibility index (Phi) is 6.84. The van der Waals surface area contributed by atoms with Gasteiger partial charge in [-0.1, -0.05) is 0 Å². The molecule has 2 amide bonds. The van der Waals surface area contributed by atoms with Crippen LogP contribution in [0.3, 0.4) is 0 Å². The lowest BCUT2D eigenvalue weighted by Gasteiger charge is -2.34. The number of nitrogens with zero attached hydrogens (tertiary/aromatic N) is 2. The fraction of sp³-hybridized carbons (Fsp3) is 0.429. The highest BCUT2D eigenvalue weighted by Gasteiger charge is 2.23. The molecule has 0 bridgehead atoms. The first-order valence-electron chi connectivity index (χ1n) is 9.50. The molecule has 150 valence electrons. The van der Waals surface area contributed by atoms with Crippen LogP contribution in [0.4, 0.5) is 10.5 Å². The molecular formula is C21H28N4O3. The molecule has 1 atom stereocenters. The average Bonchev–Trinajstić information content (AvgIpc) is 2.69. The summed E-state index contributed by atoms with van der Waals surface area (Å²) in [5.41, 5.74) is 3.86. The number of aromatic nitrogens is 1. The van der Waals surface area contributed by atoms with Gasteiger partial charge in [0.05, 0.1) is 26.4 Å². The monoisotopic (exact) mass is 384 g/mol. The fourth-order valence-corrected chi connectivity index (χ4v) is 3.64. The van der Waals surface area contributed by atoms with E-state index in [-0.39, 0.29) is 12.1 Å². The van der Waals surface area contributed by atoms with Gasteiger partial charge in [-0.15, -0.1) is 0 Å². The summed E-state index contributed by atoms with van der Waals surface area (Å²) in [5.74, 6) is 0.844. The van der Waals surface area contributed by atoms with E-state index in [0.717, 1.165) is 41.2 Å². The molecule has 1 saturated heterocycles. The third-order valence-corrected chi connectivity index (χ3v) is 4.96. The quantitative estimate of drug-likeness (QED) is 0.801. The van der Waals surface area contributed by atoms with Crippen LogP contribution in [0.1, 0.15) is 22.7 Å². The summed E-state index contributed by atoms with van der Waals surface area (Å²) >= 11 is 0. The molecule has 0 spiro atoms. The van der Waals surface area contributed by atoms with Gasteiger partial charge in [-0.3, -0.25) is 9.88 Å². The normalized spacial score (nSPS) is 15.7. The molecule has 28 heavy (non-hydrogen) atoms. The van der Waals surface area contributed by atoms with Crippen molar-refractivity contribution in [3.63, 3.8) is 0 Å². The number of hydrogen-bond acceptors (Lipinski definition) is 5. The predicted octanol–water partition coefficient (Wildman–Crippen LogP) is 2.90. The number of benzene rings is 1. The second kappa shape index (κ2) is 9.52. The standard InChI is InChI=1S/C21H28N4O3/c1-15-12-18(13-16(2)20(15)27-3)24-21(26)23-14-19(17-4-6-22-7-5-17)25-8-10-28-11-9-25/h4-7,12-13,19H,8-11,14H2,1-3H3,(H2,23,24,26)/t19-/m0/s1. The van der Waals surface area contributed by atoms with Crippen molar-refractivity contribution < 1.29 is 14.3 Å². The molecule has 1 aliphatic heterocycles. The lowest BCUT2D eigenvalue weighted by atomic mass is 10.1. The first kappa shape index (κ1) is 20.1. The Morgan fingerprint density at radius 3 is 2.46 bits per heavy atom. The van der Waals surface area contributed by atoms with Crippen molar-refractivity contribution in [3.8, 4) is 5.75 Å². The Hall–Kier alpha value is -2.64. The molecule has 3 rings (SSSR count). The van der Waals surface area contributed by atoms with Gasteiger partial charge in [-0.05, 0) is 54.8 Å². The Labute approximate surface area is 166 Å². The van der Waals surface area contributed by atoms with Crippen LogP contribution in [0.5, 0.6) is 5.75 Å². The first-order chi connectivity index (χ1) is 13.6. The predicted molar refractivity (Wildman–Crippen MR) is 109 cm³/mol. The highest BCUT2D eigenvalue weighted by molar-refractivity contribution is 5.89. The Balaban J connectivity index is 1.65. The minimum atomic E-state index is -0.226. The second-order valence-electron chi connectivity index (χ2n) is 6.92. The van der Waals surface area contributed by atoms with Crippen molar-refractivity contribution in [2.45, 2.75) is 19.9 Å². The van der Waals surface area contributed by atoms with E-state index in [0.29, 0.717) is 19.8 Å². The van der Waals surface area contributed by atoms with Crippen LogP contribution >= 0.6 is 0 Å². The fourth-order valence-electron chi connectivity index (χ4n) is 3.64. The number of rotatable bonds is 6. The number of aryl methyl sites for hydroxylation is 2. The van der Waals surface area contributed by atoms with E-state index >= 15 is 0 Å². The summed E-state index contributed by atoms with van der Waals surface area (Å²) in [4.78, 5) is 18.9. The number of carbonyl (C=O) groups is 1. The Bertz CT molecular complexity index is 768. The van der Waals surface area contributed by atoms with E-state index in [2.05, 4.69) is 20.5 Å². The first-order valence-corrected chi connectivity index (χ1v) is 9.50. The van der Waals surface area contributed by atoms with Crippen LogP contribution in [-0.4, -0.2) is 55.9 Å². The largest absolute Gasteiger partial charge is 0.496 e. The molecule has 2 N–H and O–H groups in total. The zero-order chi connectivity index (χ0) is 19.9. The third-order valence-electron chi connectivity index (χ3n) is 4.96. The summed E-state index contributed by atoms with van der Waals surface area (Å²) < 4.78 is 10.8. The topological polar surface area (TPSA) is 75.7 Å². The van der Waals surface area contributed by atoms with Crippen molar-refractivity contribution in [1.29, 1.82) is 0 Å². The molecule has 0 aliphatic carbocycles. The zero-order valence-corrected chi connectivity index (χ0v) is 16.7. The average molecular weight is 384 g/mol. The summed E-state index contributed by atoms with van der Waals surface area (Å²) in [7, 11) is 1.65. The zero-order valence-electron chi connectivity index (χ0n) is 16.7. The van der Waals surface area contributed by atoms with Gasteiger partial charge in [0.1, 0.15) is 5.75 Å². The van der Waals surface area contributed by atoms with E-state index in [9.17, 15) is 4.79 Å². The van der Waals surface area contributed by atoms with Crippen molar-refractivity contribution >= 4 is 11.7 Å². The maximum Gasteiger partial charge on any atom is 0.319 e. The Morgan fingerprint density at radius 2 is 1.86 bits per heavy atom. The highest BCUT2D eigenvalue weighted by Crippen LogP contribution is 2.27. The summed E-state index contributed by atoms with van der Waals surface area (Å²) in [6.07, 6.45) is 3.57. The van der Waals surface area contributed by atoms with Crippen molar-refractivity contribution in [3.05, 3.63) is 53.3 Å². The number of nitrogens with one attached hydrogen (secondary N) is 2. The third kappa shape index (κ3) is 4.99. The van der Waals surface area contributed by atoms with Crippen LogP contribution in [0.25, 0.3) is 0 Å². The van der Waals surface area contributed by atoms with Gasteiger partial charge in [0.25, 0.3) is 0 Å². The number of methoxy groups -OCH3 is 1. The van der Waals surface area contributed by atoms with Crippen molar-refractivity contribution in [1.82, 2.24) is 15.2 Å². The number of hydrogen-bond donors (Lipinski definition) is 2. The highest BCUT2D eigenvalue weighted by atomic mass is 16.5. The molecule has 1 aromatic carbocycles. The summed E-state index contributed by atoms with van der Waals surface area (Å²) in [6.45, 7) is 7.53. The van der Waals surface area contributed by atoms with Gasteiger partial charge in [-0.25, -0.2) is 4.79 Å². The van der Waals surface area contributed by atoms with E-state index < -0.39 is 0 Å². The van der Waals surface area contributed by atoms with Crippen molar-refractivity contribution in [2.75, 3.05) is 45.3 Å². The van der Waals surface area contributed by atoms with Crippen molar-refractivity contribution in [2.24, 2.45) is 0 Å².